The van der Waals surface area contributed by atoms with Crippen molar-refractivity contribution in [1.29, 1.82) is 0 Å². The lowest BCUT2D eigenvalue weighted by Crippen LogP contribution is -2.58. The highest BCUT2D eigenvalue weighted by molar-refractivity contribution is 7.98. The van der Waals surface area contributed by atoms with Crippen molar-refractivity contribution >= 4 is 41.4 Å². The second-order valence-electron chi connectivity index (χ2n) is 8.51. The molecule has 12 heteroatoms. The van der Waals surface area contributed by atoms with Gasteiger partial charge in [0, 0.05) is 6.42 Å². The molecule has 0 aromatic heterocycles. The van der Waals surface area contributed by atoms with Crippen molar-refractivity contribution in [2.75, 3.05) is 12.0 Å². The van der Waals surface area contributed by atoms with Gasteiger partial charge < -0.3 is 31.9 Å². The fourth-order valence-corrected chi connectivity index (χ4v) is 3.80. The highest BCUT2D eigenvalue weighted by Gasteiger charge is 2.32. The molecule has 0 saturated heterocycles. The molecule has 0 radical (unpaired) electrons. The Morgan fingerprint density at radius 2 is 1.53 bits per heavy atom. The second-order valence-corrected chi connectivity index (χ2v) is 9.49. The molecule has 1 aromatic rings. The van der Waals surface area contributed by atoms with Crippen LogP contribution in [0.5, 0.6) is 0 Å². The Balaban J connectivity index is 3.12. The van der Waals surface area contributed by atoms with Gasteiger partial charge in [-0.15, -0.1) is 0 Å². The van der Waals surface area contributed by atoms with E-state index in [-0.39, 0.29) is 18.8 Å². The minimum Gasteiger partial charge on any atom is -0.481 e. The van der Waals surface area contributed by atoms with Gasteiger partial charge in [0.15, 0.2) is 0 Å². The van der Waals surface area contributed by atoms with Crippen LogP contribution in [-0.4, -0.2) is 76.0 Å². The van der Waals surface area contributed by atoms with E-state index in [4.69, 9.17) is 10.8 Å². The minimum atomic E-state index is -1.35. The molecule has 0 spiro atoms. The van der Waals surface area contributed by atoms with E-state index < -0.39 is 60.2 Å². The first-order chi connectivity index (χ1) is 17.0. The van der Waals surface area contributed by atoms with E-state index in [0.717, 1.165) is 5.56 Å². The number of benzene rings is 1. The molecule has 1 aromatic carbocycles. The van der Waals surface area contributed by atoms with Crippen LogP contribution in [0.25, 0.3) is 0 Å². The summed E-state index contributed by atoms with van der Waals surface area (Å²) in [5, 5.41) is 26.1. The van der Waals surface area contributed by atoms with Crippen LogP contribution in [0.1, 0.15) is 38.7 Å². The van der Waals surface area contributed by atoms with E-state index in [1.54, 1.807) is 37.3 Å². The maximum Gasteiger partial charge on any atom is 0.326 e. The van der Waals surface area contributed by atoms with E-state index in [9.17, 15) is 29.1 Å². The fraction of sp³-hybridized carbons (Fsp3) is 0.542. The molecule has 1 rings (SSSR count). The van der Waals surface area contributed by atoms with Crippen LogP contribution in [0.4, 0.5) is 0 Å². The molecule has 0 aliphatic carbocycles. The first-order valence-corrected chi connectivity index (χ1v) is 13.0. The first kappa shape index (κ1) is 30.9. The van der Waals surface area contributed by atoms with Gasteiger partial charge in [-0.2, -0.15) is 11.8 Å². The lowest BCUT2D eigenvalue weighted by atomic mass is 9.98. The molecular weight excluding hydrogens is 488 g/mol. The molecule has 0 aliphatic heterocycles. The lowest BCUT2D eigenvalue weighted by molar-refractivity contribution is -0.143. The van der Waals surface area contributed by atoms with Crippen molar-refractivity contribution in [3.63, 3.8) is 0 Å². The first-order valence-electron chi connectivity index (χ1n) is 11.6. The van der Waals surface area contributed by atoms with Gasteiger partial charge >= 0.3 is 11.9 Å². The van der Waals surface area contributed by atoms with Gasteiger partial charge in [0.1, 0.15) is 18.1 Å². The normalized spacial score (nSPS) is 15.0. The molecule has 0 saturated carbocycles. The number of rotatable bonds is 16. The van der Waals surface area contributed by atoms with Gasteiger partial charge in [-0.25, -0.2) is 4.79 Å². The van der Waals surface area contributed by atoms with Crippen LogP contribution in [0, 0.1) is 5.92 Å². The Labute approximate surface area is 215 Å². The van der Waals surface area contributed by atoms with Crippen molar-refractivity contribution in [2.45, 2.75) is 63.7 Å². The highest BCUT2D eigenvalue weighted by Crippen LogP contribution is 2.11. The van der Waals surface area contributed by atoms with Crippen molar-refractivity contribution in [2.24, 2.45) is 11.7 Å². The van der Waals surface area contributed by atoms with Crippen molar-refractivity contribution < 1.29 is 34.2 Å². The number of aliphatic carboxylic acids is 2. The van der Waals surface area contributed by atoms with Gasteiger partial charge in [-0.1, -0.05) is 50.6 Å². The third-order valence-electron chi connectivity index (χ3n) is 5.67. The van der Waals surface area contributed by atoms with E-state index in [2.05, 4.69) is 16.0 Å². The molecule has 0 fully saturated rings. The molecule has 3 amide bonds. The van der Waals surface area contributed by atoms with Crippen molar-refractivity contribution in [3.8, 4) is 0 Å². The Hall–Kier alpha value is -3.12. The van der Waals surface area contributed by atoms with Crippen LogP contribution in [-0.2, 0) is 30.4 Å². The summed E-state index contributed by atoms with van der Waals surface area (Å²) < 4.78 is 0. The number of carboxylic acids is 2. The number of carbonyl (C=O) groups is 5. The van der Waals surface area contributed by atoms with Gasteiger partial charge in [0.05, 0.1) is 12.5 Å². The SMILES string of the molecule is CCC(C)C(NC(=O)C(Cc1ccccc1)NC(=O)C(CCSC)NC(=O)C(N)CC(=O)O)C(=O)O. The summed E-state index contributed by atoms with van der Waals surface area (Å²) >= 11 is 1.44. The number of hydrogen-bond donors (Lipinski definition) is 6. The van der Waals surface area contributed by atoms with Crippen molar-refractivity contribution in [1.82, 2.24) is 16.0 Å². The highest BCUT2D eigenvalue weighted by atomic mass is 32.2. The number of hydrogen-bond acceptors (Lipinski definition) is 7. The number of thioether (sulfide) groups is 1. The number of carboxylic acid groups (broad SMARTS) is 2. The number of nitrogens with two attached hydrogens (primary N) is 1. The molecule has 11 nitrogen and oxygen atoms in total. The molecule has 200 valence electrons. The summed E-state index contributed by atoms with van der Waals surface area (Å²) in [6.07, 6.45) is 2.04. The van der Waals surface area contributed by atoms with E-state index in [1.807, 2.05) is 13.2 Å². The quantitative estimate of drug-likeness (QED) is 0.177. The van der Waals surface area contributed by atoms with Crippen LogP contribution in [0.2, 0.25) is 0 Å². The molecule has 0 heterocycles. The summed E-state index contributed by atoms with van der Waals surface area (Å²) in [4.78, 5) is 61.3. The van der Waals surface area contributed by atoms with Crippen LogP contribution < -0.4 is 21.7 Å². The van der Waals surface area contributed by atoms with E-state index >= 15 is 0 Å². The molecule has 0 aliphatic rings. The van der Waals surface area contributed by atoms with Crippen molar-refractivity contribution in [3.05, 3.63) is 35.9 Å². The Morgan fingerprint density at radius 1 is 0.944 bits per heavy atom. The van der Waals surface area contributed by atoms with Gasteiger partial charge in [-0.05, 0) is 29.9 Å². The van der Waals surface area contributed by atoms with E-state index in [0.29, 0.717) is 12.2 Å². The summed E-state index contributed by atoms with van der Waals surface area (Å²) in [7, 11) is 0. The van der Waals surface area contributed by atoms with Gasteiger partial charge in [0.25, 0.3) is 0 Å². The molecule has 5 unspecified atom stereocenters. The Bertz CT molecular complexity index is 900. The smallest absolute Gasteiger partial charge is 0.326 e. The zero-order valence-corrected chi connectivity index (χ0v) is 21.5. The van der Waals surface area contributed by atoms with Crippen LogP contribution in [0.3, 0.4) is 0 Å². The Kier molecular flexibility index (Phi) is 13.6. The summed E-state index contributed by atoms with van der Waals surface area (Å²) in [5.74, 6) is -4.41. The topological polar surface area (TPSA) is 188 Å². The van der Waals surface area contributed by atoms with Gasteiger partial charge in [-0.3, -0.25) is 19.2 Å². The minimum absolute atomic E-state index is 0.0903. The predicted octanol–water partition coefficient (Wildman–Crippen LogP) is 0.369. The second kappa shape index (κ2) is 15.8. The predicted molar refractivity (Wildman–Crippen MR) is 136 cm³/mol. The average Bonchev–Trinajstić information content (AvgIpc) is 2.83. The molecule has 5 atom stereocenters. The Morgan fingerprint density at radius 3 is 2.06 bits per heavy atom. The number of carbonyl (C=O) groups excluding carboxylic acids is 3. The molecule has 7 N–H and O–H groups in total. The van der Waals surface area contributed by atoms with E-state index in [1.165, 1.54) is 11.8 Å². The zero-order chi connectivity index (χ0) is 27.3. The maximum absolute atomic E-state index is 13.2. The largest absolute Gasteiger partial charge is 0.481 e. The maximum atomic E-state index is 13.2. The fourth-order valence-electron chi connectivity index (χ4n) is 3.33. The number of nitrogens with one attached hydrogen (secondary N) is 3. The standard InChI is InChI=1S/C24H36N4O7S/c1-4-14(2)20(24(34)35)28-23(33)18(12-15-8-6-5-7-9-15)27-22(32)17(10-11-36-3)26-21(31)16(25)13-19(29)30/h5-9,14,16-18,20H,4,10-13,25H2,1-3H3,(H,26,31)(H,27,32)(H,28,33)(H,29,30)(H,34,35). The third-order valence-corrected chi connectivity index (χ3v) is 6.31. The van der Waals surface area contributed by atoms with Crippen LogP contribution >= 0.6 is 11.8 Å². The lowest BCUT2D eigenvalue weighted by Gasteiger charge is -2.26. The monoisotopic (exact) mass is 524 g/mol. The summed E-state index contributed by atoms with van der Waals surface area (Å²) in [5.41, 5.74) is 6.36. The number of amides is 3. The summed E-state index contributed by atoms with van der Waals surface area (Å²) in [6, 6.07) is 4.22. The van der Waals surface area contributed by atoms with Crippen LogP contribution in [0.15, 0.2) is 30.3 Å². The zero-order valence-electron chi connectivity index (χ0n) is 20.7. The average molecular weight is 525 g/mol. The summed E-state index contributed by atoms with van der Waals surface area (Å²) in [6.45, 7) is 3.52. The van der Waals surface area contributed by atoms with Gasteiger partial charge in [0.2, 0.25) is 17.7 Å². The third kappa shape index (κ3) is 10.6. The molecule has 36 heavy (non-hydrogen) atoms. The molecule has 0 bridgehead atoms. The molecular formula is C24H36N4O7S.